The first kappa shape index (κ1) is 12.5. The van der Waals surface area contributed by atoms with Gasteiger partial charge in [0.25, 0.3) is 0 Å². The van der Waals surface area contributed by atoms with Crippen LogP contribution in [0.2, 0.25) is 0 Å². The second-order valence-corrected chi connectivity index (χ2v) is 4.58. The number of nitrogens with zero attached hydrogens (tertiary/aromatic N) is 2. The van der Waals surface area contributed by atoms with Gasteiger partial charge in [0.1, 0.15) is 5.82 Å². The van der Waals surface area contributed by atoms with Crippen molar-refractivity contribution in [2.45, 2.75) is 17.0 Å². The summed E-state index contributed by atoms with van der Waals surface area (Å²) in [6.07, 6.45) is 0. The van der Waals surface area contributed by atoms with Gasteiger partial charge in [0, 0.05) is 10.6 Å². The van der Waals surface area contributed by atoms with Crippen LogP contribution in [0.5, 0.6) is 0 Å². The Hall–Kier alpha value is -1.95. The molecule has 1 heterocycles. The molecule has 1 aromatic heterocycles. The molecule has 0 aliphatic rings. The number of benzene rings is 1. The lowest BCUT2D eigenvalue weighted by molar-refractivity contribution is 0.0689. The molecule has 0 atom stereocenters. The molecule has 2 aromatic rings. The van der Waals surface area contributed by atoms with Crippen molar-refractivity contribution in [1.82, 2.24) is 9.97 Å². The number of aromatic nitrogens is 2. The number of aromatic carboxylic acids is 1. The lowest BCUT2D eigenvalue weighted by Gasteiger charge is -2.03. The zero-order valence-corrected chi connectivity index (χ0v) is 10.2. The van der Waals surface area contributed by atoms with E-state index in [1.807, 2.05) is 0 Å². The van der Waals surface area contributed by atoms with Gasteiger partial charge in [-0.25, -0.2) is 19.2 Å². The van der Waals surface area contributed by atoms with Gasteiger partial charge in [0.05, 0.1) is 0 Å². The average Bonchev–Trinajstić information content (AvgIpc) is 2.28. The number of halogens is 1. The molecular weight excluding hydrogens is 255 g/mol. The molecule has 0 aliphatic heterocycles. The quantitative estimate of drug-likeness (QED) is 0.864. The summed E-state index contributed by atoms with van der Waals surface area (Å²) in [5, 5.41) is 9.17. The Morgan fingerprint density at radius 3 is 2.78 bits per heavy atom. The van der Waals surface area contributed by atoms with Crippen molar-refractivity contribution in [3.63, 3.8) is 0 Å². The third-order valence-electron chi connectivity index (χ3n) is 2.06. The molecule has 0 saturated carbocycles. The summed E-state index contributed by atoms with van der Waals surface area (Å²) in [5.41, 5.74) is 0.489. The van der Waals surface area contributed by atoms with E-state index in [1.54, 1.807) is 19.1 Å². The largest absolute Gasteiger partial charge is 0.477 e. The summed E-state index contributed by atoms with van der Waals surface area (Å²) in [6, 6.07) is 7.35. The van der Waals surface area contributed by atoms with Gasteiger partial charge in [-0.3, -0.25) is 0 Å². The molecule has 18 heavy (non-hydrogen) atoms. The summed E-state index contributed by atoms with van der Waals surface area (Å²) in [5.74, 6) is -1.47. The van der Waals surface area contributed by atoms with Gasteiger partial charge in [0.2, 0.25) is 0 Å². The van der Waals surface area contributed by atoms with Gasteiger partial charge in [-0.2, -0.15) is 0 Å². The number of hydrogen-bond acceptors (Lipinski definition) is 4. The molecule has 0 fully saturated rings. The fourth-order valence-corrected chi connectivity index (χ4v) is 2.19. The van der Waals surface area contributed by atoms with Crippen LogP contribution >= 0.6 is 11.8 Å². The smallest absolute Gasteiger partial charge is 0.354 e. The summed E-state index contributed by atoms with van der Waals surface area (Å²) >= 11 is 1.12. The average molecular weight is 264 g/mol. The molecule has 0 radical (unpaired) electrons. The van der Waals surface area contributed by atoms with E-state index in [9.17, 15) is 9.18 Å². The Bertz CT molecular complexity index is 604. The van der Waals surface area contributed by atoms with Crippen LogP contribution in [0.15, 0.2) is 40.4 Å². The minimum Gasteiger partial charge on any atom is -0.477 e. The van der Waals surface area contributed by atoms with Gasteiger partial charge in [-0.1, -0.05) is 6.07 Å². The van der Waals surface area contributed by atoms with Crippen LogP contribution in [0, 0.1) is 12.7 Å². The van der Waals surface area contributed by atoms with Crippen molar-refractivity contribution >= 4 is 17.7 Å². The van der Waals surface area contributed by atoms with E-state index >= 15 is 0 Å². The molecule has 0 saturated heterocycles. The molecule has 1 aromatic carbocycles. The first-order chi connectivity index (χ1) is 8.54. The van der Waals surface area contributed by atoms with Crippen molar-refractivity contribution in [2.75, 3.05) is 0 Å². The Labute approximate surface area is 107 Å². The van der Waals surface area contributed by atoms with Crippen LogP contribution < -0.4 is 0 Å². The lowest BCUT2D eigenvalue weighted by atomic mass is 10.3. The maximum atomic E-state index is 13.0. The SMILES string of the molecule is Cc1cc(C(=O)O)nc(Sc2cccc(F)c2)n1. The number of carboxylic acids is 1. The Morgan fingerprint density at radius 2 is 2.11 bits per heavy atom. The normalized spacial score (nSPS) is 10.3. The Balaban J connectivity index is 2.31. The number of carboxylic acid groups (broad SMARTS) is 1. The molecule has 2 rings (SSSR count). The standard InChI is InChI=1S/C12H9FN2O2S/c1-7-5-10(11(16)17)15-12(14-7)18-9-4-2-3-8(13)6-9/h2-6H,1H3,(H,16,17). The van der Waals surface area contributed by atoms with Crippen molar-refractivity contribution in [3.05, 3.63) is 47.5 Å². The van der Waals surface area contributed by atoms with Gasteiger partial charge >= 0.3 is 5.97 Å². The van der Waals surface area contributed by atoms with Gasteiger partial charge in [0.15, 0.2) is 10.9 Å². The molecule has 6 heteroatoms. The molecule has 0 bridgehead atoms. The highest BCUT2D eigenvalue weighted by molar-refractivity contribution is 7.99. The molecule has 0 amide bonds. The molecule has 1 N–H and O–H groups in total. The van der Waals surface area contributed by atoms with E-state index in [-0.39, 0.29) is 16.7 Å². The molecule has 0 spiro atoms. The van der Waals surface area contributed by atoms with E-state index in [1.165, 1.54) is 18.2 Å². The summed E-state index contributed by atoms with van der Waals surface area (Å²) in [6.45, 7) is 1.68. The Kier molecular flexibility index (Phi) is 3.57. The van der Waals surface area contributed by atoms with E-state index in [0.29, 0.717) is 10.6 Å². The van der Waals surface area contributed by atoms with E-state index in [0.717, 1.165) is 11.8 Å². The van der Waals surface area contributed by atoms with Gasteiger partial charge in [-0.15, -0.1) is 0 Å². The van der Waals surface area contributed by atoms with Gasteiger partial charge in [-0.05, 0) is 43.0 Å². The Morgan fingerprint density at radius 1 is 1.33 bits per heavy atom. The highest BCUT2D eigenvalue weighted by Gasteiger charge is 2.09. The molecule has 0 unspecified atom stereocenters. The van der Waals surface area contributed by atoms with Crippen LogP contribution in [-0.2, 0) is 0 Å². The molecular formula is C12H9FN2O2S. The highest BCUT2D eigenvalue weighted by atomic mass is 32.2. The van der Waals surface area contributed by atoms with Crippen LogP contribution in [0.3, 0.4) is 0 Å². The molecule has 92 valence electrons. The first-order valence-electron chi connectivity index (χ1n) is 5.07. The van der Waals surface area contributed by atoms with Crippen molar-refractivity contribution < 1.29 is 14.3 Å². The summed E-state index contributed by atoms with van der Waals surface area (Å²) < 4.78 is 13.0. The van der Waals surface area contributed by atoms with Crippen LogP contribution in [-0.4, -0.2) is 21.0 Å². The second kappa shape index (κ2) is 5.14. The minimum absolute atomic E-state index is 0.0681. The van der Waals surface area contributed by atoms with E-state index in [4.69, 9.17) is 5.11 Å². The van der Waals surface area contributed by atoms with Crippen molar-refractivity contribution in [2.24, 2.45) is 0 Å². The third-order valence-corrected chi connectivity index (χ3v) is 2.91. The predicted octanol–water partition coefficient (Wildman–Crippen LogP) is 2.77. The third kappa shape index (κ3) is 3.04. The minimum atomic E-state index is -1.11. The zero-order valence-electron chi connectivity index (χ0n) is 9.42. The van der Waals surface area contributed by atoms with Crippen LogP contribution in [0.4, 0.5) is 4.39 Å². The van der Waals surface area contributed by atoms with Crippen molar-refractivity contribution in [3.8, 4) is 0 Å². The fourth-order valence-electron chi connectivity index (χ4n) is 1.33. The van der Waals surface area contributed by atoms with Crippen LogP contribution in [0.25, 0.3) is 0 Å². The number of hydrogen-bond donors (Lipinski definition) is 1. The number of rotatable bonds is 3. The first-order valence-corrected chi connectivity index (χ1v) is 5.88. The maximum Gasteiger partial charge on any atom is 0.354 e. The fraction of sp³-hybridized carbons (Fsp3) is 0.0833. The lowest BCUT2D eigenvalue weighted by Crippen LogP contribution is -2.03. The summed E-state index contributed by atoms with van der Waals surface area (Å²) in [7, 11) is 0. The van der Waals surface area contributed by atoms with E-state index in [2.05, 4.69) is 9.97 Å². The monoisotopic (exact) mass is 264 g/mol. The van der Waals surface area contributed by atoms with Gasteiger partial charge < -0.3 is 5.11 Å². The van der Waals surface area contributed by atoms with Crippen LogP contribution in [0.1, 0.15) is 16.2 Å². The van der Waals surface area contributed by atoms with E-state index < -0.39 is 5.97 Å². The second-order valence-electron chi connectivity index (χ2n) is 3.54. The number of carbonyl (C=O) groups is 1. The number of aryl methyl sites for hydroxylation is 1. The molecule has 4 nitrogen and oxygen atoms in total. The molecule has 0 aliphatic carbocycles. The predicted molar refractivity (Wildman–Crippen MR) is 64.3 cm³/mol. The maximum absolute atomic E-state index is 13.0. The summed E-state index contributed by atoms with van der Waals surface area (Å²) in [4.78, 5) is 19.5. The topological polar surface area (TPSA) is 63.1 Å². The zero-order chi connectivity index (χ0) is 13.1. The van der Waals surface area contributed by atoms with Crippen molar-refractivity contribution in [1.29, 1.82) is 0 Å². The highest BCUT2D eigenvalue weighted by Crippen LogP contribution is 2.25.